The Morgan fingerprint density at radius 1 is 1.14 bits per heavy atom. The third kappa shape index (κ3) is 5.13. The quantitative estimate of drug-likeness (QED) is 0.289. The number of sulfonamides is 1. The molecule has 5 rings (SSSR count). The number of anilines is 1. The summed E-state index contributed by atoms with van der Waals surface area (Å²) in [6.45, 7) is 4.62. The van der Waals surface area contributed by atoms with Crippen LogP contribution in [0, 0.1) is 6.92 Å². The summed E-state index contributed by atoms with van der Waals surface area (Å²) in [6.07, 6.45) is 4.42. The van der Waals surface area contributed by atoms with Crippen molar-refractivity contribution in [3.8, 4) is 0 Å². The lowest BCUT2D eigenvalue weighted by Gasteiger charge is -2.32. The van der Waals surface area contributed by atoms with E-state index in [1.54, 1.807) is 27.5 Å². The molecule has 0 bridgehead atoms. The van der Waals surface area contributed by atoms with Crippen LogP contribution in [-0.2, 0) is 16.6 Å². The molecule has 1 atom stereocenters. The second kappa shape index (κ2) is 10.5. The second-order valence-electron chi connectivity index (χ2n) is 9.24. The number of thiazole rings is 1. The molecule has 37 heavy (non-hydrogen) atoms. The number of hydrogen-bond donors (Lipinski definition) is 0. The van der Waals surface area contributed by atoms with E-state index in [4.69, 9.17) is 16.6 Å². The van der Waals surface area contributed by atoms with E-state index in [1.165, 1.54) is 23.5 Å². The maximum atomic E-state index is 13.8. The fourth-order valence-electron chi connectivity index (χ4n) is 4.58. The van der Waals surface area contributed by atoms with Crippen LogP contribution in [0.4, 0.5) is 5.13 Å². The molecule has 1 fully saturated rings. The summed E-state index contributed by atoms with van der Waals surface area (Å²) in [5.74, 6) is -0.297. The first-order valence-electron chi connectivity index (χ1n) is 12.1. The van der Waals surface area contributed by atoms with Gasteiger partial charge in [0.2, 0.25) is 10.0 Å². The molecule has 1 aliphatic heterocycles. The monoisotopic (exact) mass is 554 g/mol. The number of nitrogens with zero attached hydrogens (tertiary/aromatic N) is 4. The topological polar surface area (TPSA) is 83.5 Å². The van der Waals surface area contributed by atoms with Crippen molar-refractivity contribution >= 4 is 54.2 Å². The smallest absolute Gasteiger partial charge is 0.260 e. The maximum absolute atomic E-state index is 13.8. The number of benzene rings is 2. The molecule has 0 saturated carbocycles. The number of amides is 1. The molecule has 1 amide bonds. The third-order valence-corrected chi connectivity index (χ3v) is 10.2. The standard InChI is InChI=1S/C27H27ClN4O3S2/c1-18-9-14-23(28)25-24(18)30-27(36-25)31(17-21-8-3-5-15-29-21)26(33)20-10-12-22(13-11-20)37(34,35)32-16-6-4-7-19(32)2/h3,5,8-15,19H,4,6-7,16-17H2,1-2H3. The van der Waals surface area contributed by atoms with E-state index >= 15 is 0 Å². The van der Waals surface area contributed by atoms with Crippen molar-refractivity contribution < 1.29 is 13.2 Å². The average Bonchev–Trinajstić information content (AvgIpc) is 3.37. The van der Waals surface area contributed by atoms with Gasteiger partial charge in [0.25, 0.3) is 5.91 Å². The number of carbonyl (C=O) groups excluding carboxylic acids is 1. The van der Waals surface area contributed by atoms with Crippen molar-refractivity contribution in [2.24, 2.45) is 0 Å². The highest BCUT2D eigenvalue weighted by molar-refractivity contribution is 7.89. The first-order chi connectivity index (χ1) is 17.8. The van der Waals surface area contributed by atoms with E-state index in [0.29, 0.717) is 28.0 Å². The van der Waals surface area contributed by atoms with Crippen LogP contribution >= 0.6 is 22.9 Å². The molecule has 0 radical (unpaired) electrons. The fourth-order valence-corrected chi connectivity index (χ4v) is 7.59. The van der Waals surface area contributed by atoms with Gasteiger partial charge in [-0.05, 0) is 74.7 Å². The lowest BCUT2D eigenvalue weighted by molar-refractivity contribution is 0.0984. The number of pyridine rings is 1. The Labute approximate surface area is 225 Å². The molecule has 4 aromatic rings. The van der Waals surface area contributed by atoms with Gasteiger partial charge in [-0.1, -0.05) is 41.5 Å². The normalized spacial score (nSPS) is 16.7. The van der Waals surface area contributed by atoms with Crippen molar-refractivity contribution in [1.29, 1.82) is 0 Å². The summed E-state index contributed by atoms with van der Waals surface area (Å²) >= 11 is 7.78. The number of aryl methyl sites for hydroxylation is 1. The number of rotatable bonds is 6. The predicted molar refractivity (Wildman–Crippen MR) is 148 cm³/mol. The molecule has 0 N–H and O–H groups in total. The first kappa shape index (κ1) is 25.8. The number of fused-ring (bicyclic) bond motifs is 1. The van der Waals surface area contributed by atoms with Crippen LogP contribution < -0.4 is 4.90 Å². The third-order valence-electron chi connectivity index (χ3n) is 6.66. The van der Waals surface area contributed by atoms with E-state index in [-0.39, 0.29) is 23.4 Å². The lowest BCUT2D eigenvalue weighted by Crippen LogP contribution is -2.41. The van der Waals surface area contributed by atoms with E-state index in [2.05, 4.69) is 4.98 Å². The Morgan fingerprint density at radius 2 is 1.92 bits per heavy atom. The number of piperidine rings is 1. The minimum absolute atomic E-state index is 0.0387. The second-order valence-corrected chi connectivity index (χ2v) is 12.5. The van der Waals surface area contributed by atoms with E-state index in [0.717, 1.165) is 35.0 Å². The average molecular weight is 555 g/mol. The molecule has 2 aromatic carbocycles. The molecule has 1 aliphatic rings. The zero-order valence-corrected chi connectivity index (χ0v) is 23.0. The van der Waals surface area contributed by atoms with Crippen molar-refractivity contribution in [1.82, 2.24) is 14.3 Å². The van der Waals surface area contributed by atoms with Gasteiger partial charge in [-0.25, -0.2) is 13.4 Å². The van der Waals surface area contributed by atoms with E-state index < -0.39 is 10.0 Å². The van der Waals surface area contributed by atoms with Crippen LogP contribution in [-0.4, -0.2) is 41.2 Å². The van der Waals surface area contributed by atoms with Gasteiger partial charge in [0.1, 0.15) is 0 Å². The highest BCUT2D eigenvalue weighted by Gasteiger charge is 2.31. The molecule has 0 spiro atoms. The maximum Gasteiger partial charge on any atom is 0.260 e. The number of aromatic nitrogens is 2. The van der Waals surface area contributed by atoms with Crippen LogP contribution in [0.5, 0.6) is 0 Å². The molecule has 1 unspecified atom stereocenters. The summed E-state index contributed by atoms with van der Waals surface area (Å²) in [4.78, 5) is 24.7. The van der Waals surface area contributed by atoms with Crippen molar-refractivity contribution in [2.45, 2.75) is 50.6 Å². The Kier molecular flexibility index (Phi) is 7.31. The van der Waals surface area contributed by atoms with Gasteiger partial charge >= 0.3 is 0 Å². The fraction of sp³-hybridized carbons (Fsp3) is 0.296. The van der Waals surface area contributed by atoms with Gasteiger partial charge in [0, 0.05) is 24.3 Å². The van der Waals surface area contributed by atoms with Crippen LogP contribution in [0.2, 0.25) is 5.02 Å². The number of carbonyl (C=O) groups is 1. The Morgan fingerprint density at radius 3 is 2.59 bits per heavy atom. The van der Waals surface area contributed by atoms with Gasteiger partial charge in [0.05, 0.1) is 32.4 Å². The molecule has 1 saturated heterocycles. The van der Waals surface area contributed by atoms with E-state index in [9.17, 15) is 13.2 Å². The van der Waals surface area contributed by atoms with Crippen LogP contribution in [0.3, 0.4) is 0 Å². The minimum atomic E-state index is -3.63. The van der Waals surface area contributed by atoms with Gasteiger partial charge in [0.15, 0.2) is 5.13 Å². The molecule has 192 valence electrons. The van der Waals surface area contributed by atoms with Gasteiger partial charge in [-0.15, -0.1) is 0 Å². The molecular formula is C27H27ClN4O3S2. The Hall–Kier alpha value is -2.85. The summed E-state index contributed by atoms with van der Waals surface area (Å²) in [5.41, 5.74) is 2.79. The summed E-state index contributed by atoms with van der Waals surface area (Å²) < 4.78 is 28.9. The Bertz CT molecular complexity index is 1500. The van der Waals surface area contributed by atoms with Crippen molar-refractivity contribution in [3.63, 3.8) is 0 Å². The zero-order valence-electron chi connectivity index (χ0n) is 20.6. The number of halogens is 1. The van der Waals surface area contributed by atoms with E-state index in [1.807, 2.05) is 44.2 Å². The molecule has 3 heterocycles. The zero-order chi connectivity index (χ0) is 26.2. The molecule has 2 aromatic heterocycles. The Balaban J connectivity index is 1.49. The van der Waals surface area contributed by atoms with Crippen LogP contribution in [0.1, 0.15) is 47.8 Å². The largest absolute Gasteiger partial charge is 0.278 e. The molecule has 10 heteroatoms. The first-order valence-corrected chi connectivity index (χ1v) is 14.8. The predicted octanol–water partition coefficient (Wildman–Crippen LogP) is 6.06. The number of hydrogen-bond acceptors (Lipinski definition) is 6. The molecule has 7 nitrogen and oxygen atoms in total. The van der Waals surface area contributed by atoms with Gasteiger partial charge < -0.3 is 0 Å². The lowest BCUT2D eigenvalue weighted by atomic mass is 10.1. The summed E-state index contributed by atoms with van der Waals surface area (Å²) in [5, 5.41) is 1.08. The van der Waals surface area contributed by atoms with Crippen LogP contribution in [0.25, 0.3) is 10.2 Å². The molecule has 0 aliphatic carbocycles. The van der Waals surface area contributed by atoms with Crippen molar-refractivity contribution in [3.05, 3.63) is 82.6 Å². The van der Waals surface area contributed by atoms with Crippen molar-refractivity contribution in [2.75, 3.05) is 11.4 Å². The summed E-state index contributed by atoms with van der Waals surface area (Å²) in [6, 6.07) is 15.4. The highest BCUT2D eigenvalue weighted by atomic mass is 35.5. The van der Waals surface area contributed by atoms with Crippen LogP contribution in [0.15, 0.2) is 65.7 Å². The van der Waals surface area contributed by atoms with Gasteiger partial charge in [-0.2, -0.15) is 4.31 Å². The SMILES string of the molecule is Cc1ccc(Cl)c2sc(N(Cc3ccccn3)C(=O)c3ccc(S(=O)(=O)N4CCCCC4C)cc3)nc12. The highest BCUT2D eigenvalue weighted by Crippen LogP contribution is 2.36. The molecular weight excluding hydrogens is 528 g/mol. The minimum Gasteiger partial charge on any atom is -0.278 e. The van der Waals surface area contributed by atoms with Gasteiger partial charge in [-0.3, -0.25) is 14.7 Å². The summed E-state index contributed by atoms with van der Waals surface area (Å²) in [7, 11) is -3.63.